The van der Waals surface area contributed by atoms with E-state index in [1.807, 2.05) is 0 Å². The van der Waals surface area contributed by atoms with Gasteiger partial charge >= 0.3 is 24.5 Å². The highest BCUT2D eigenvalue weighted by Crippen LogP contribution is 2.44. The van der Waals surface area contributed by atoms with Gasteiger partial charge in [0.05, 0.1) is 24.2 Å². The number of carbonyl (C=O) groups is 2. The van der Waals surface area contributed by atoms with Gasteiger partial charge in [-0.2, -0.15) is 26.3 Å². The molecule has 1 atom stereocenters. The maximum absolute atomic E-state index is 14.1. The summed E-state index contributed by atoms with van der Waals surface area (Å²) < 4.78 is 107. The number of carbonyl (C=O) groups excluding carboxylic acids is 2. The van der Waals surface area contributed by atoms with Crippen molar-refractivity contribution in [1.82, 2.24) is 4.90 Å². The van der Waals surface area contributed by atoms with Gasteiger partial charge in [-0.3, -0.25) is 9.89 Å². The third-order valence-corrected chi connectivity index (χ3v) is 5.82. The molecule has 0 radical (unpaired) electrons. The third-order valence-electron chi connectivity index (χ3n) is 5.82. The Labute approximate surface area is 229 Å². The Hall–Kier alpha value is -4.30. The van der Waals surface area contributed by atoms with Crippen LogP contribution in [0.5, 0.6) is 5.75 Å². The fraction of sp³-hybridized carbons (Fsp3) is 0.346. The number of aliphatic imine (C=N–C) groups is 1. The number of amides is 2. The SMILES string of the molecule is CC(C)N(C(=O)Oc1c(C(C=NCC2CN(C)C(=O)O2)=CN)cc(C(F)(F)F)cc1C(F)(F)F)c1ccc(F)cc1. The first-order valence-corrected chi connectivity index (χ1v) is 12.0. The van der Waals surface area contributed by atoms with E-state index in [1.165, 1.54) is 37.9 Å². The van der Waals surface area contributed by atoms with E-state index in [1.54, 1.807) is 0 Å². The van der Waals surface area contributed by atoms with Crippen LogP contribution in [0.2, 0.25) is 0 Å². The van der Waals surface area contributed by atoms with Crippen molar-refractivity contribution in [2.45, 2.75) is 38.3 Å². The van der Waals surface area contributed by atoms with Crippen LogP contribution in [0.3, 0.4) is 0 Å². The number of hydrogen-bond acceptors (Lipinski definition) is 6. The number of anilines is 1. The van der Waals surface area contributed by atoms with Gasteiger partial charge in [-0.1, -0.05) is 0 Å². The fourth-order valence-corrected chi connectivity index (χ4v) is 3.90. The molecule has 2 aromatic carbocycles. The molecule has 2 N–H and O–H groups in total. The predicted octanol–water partition coefficient (Wildman–Crippen LogP) is 6.10. The Balaban J connectivity index is 2.11. The van der Waals surface area contributed by atoms with E-state index in [0.29, 0.717) is 12.3 Å². The number of ether oxygens (including phenoxy) is 2. The monoisotopic (exact) mass is 590 g/mol. The molecule has 15 heteroatoms. The minimum Gasteiger partial charge on any atom is -0.442 e. The number of benzene rings is 2. The molecule has 1 aliphatic heterocycles. The number of hydrogen-bond donors (Lipinski definition) is 1. The molecule has 8 nitrogen and oxygen atoms in total. The van der Waals surface area contributed by atoms with E-state index in [0.717, 1.165) is 23.2 Å². The van der Waals surface area contributed by atoms with E-state index in [4.69, 9.17) is 15.2 Å². The van der Waals surface area contributed by atoms with Crippen molar-refractivity contribution in [3.8, 4) is 5.75 Å². The van der Waals surface area contributed by atoms with Crippen LogP contribution in [0.4, 0.5) is 46.0 Å². The minimum atomic E-state index is -5.40. The van der Waals surface area contributed by atoms with Crippen LogP contribution in [0, 0.1) is 5.82 Å². The minimum absolute atomic E-state index is 0.0562. The number of cyclic esters (lactones) is 1. The molecule has 1 saturated heterocycles. The topological polar surface area (TPSA) is 97.5 Å². The number of nitrogens with two attached hydrogens (primary N) is 1. The Morgan fingerprint density at radius 3 is 2.29 bits per heavy atom. The zero-order valence-electron chi connectivity index (χ0n) is 21.9. The number of alkyl halides is 6. The van der Waals surface area contributed by atoms with E-state index < -0.39 is 70.5 Å². The molecule has 0 spiro atoms. The summed E-state index contributed by atoms with van der Waals surface area (Å²) in [6, 6.07) is 3.83. The summed E-state index contributed by atoms with van der Waals surface area (Å²) in [6.45, 7) is 2.96. The van der Waals surface area contributed by atoms with Gasteiger partial charge in [0.1, 0.15) is 11.9 Å². The molecule has 0 saturated carbocycles. The van der Waals surface area contributed by atoms with E-state index in [2.05, 4.69) is 4.99 Å². The van der Waals surface area contributed by atoms with Crippen LogP contribution in [0.15, 0.2) is 47.6 Å². The van der Waals surface area contributed by atoms with Gasteiger partial charge in [-0.05, 0) is 50.2 Å². The van der Waals surface area contributed by atoms with Crippen LogP contribution in [0.25, 0.3) is 5.57 Å². The van der Waals surface area contributed by atoms with Crippen LogP contribution in [-0.2, 0) is 17.1 Å². The van der Waals surface area contributed by atoms with Gasteiger partial charge < -0.3 is 20.1 Å². The second kappa shape index (κ2) is 12.1. The first-order chi connectivity index (χ1) is 19.0. The average Bonchev–Trinajstić information content (AvgIpc) is 3.18. The van der Waals surface area contributed by atoms with E-state index in [-0.39, 0.29) is 24.8 Å². The third kappa shape index (κ3) is 7.46. The van der Waals surface area contributed by atoms with E-state index in [9.17, 15) is 40.3 Å². The highest BCUT2D eigenvalue weighted by molar-refractivity contribution is 6.11. The zero-order valence-corrected chi connectivity index (χ0v) is 21.9. The van der Waals surface area contributed by atoms with Crippen molar-refractivity contribution in [3.63, 3.8) is 0 Å². The number of rotatable bonds is 7. The summed E-state index contributed by atoms with van der Waals surface area (Å²) >= 11 is 0. The number of allylic oxidation sites excluding steroid dienone is 1. The largest absolute Gasteiger partial charge is 0.442 e. The summed E-state index contributed by atoms with van der Waals surface area (Å²) in [5.41, 5.74) is 0.793. The molecular weight excluding hydrogens is 565 g/mol. The van der Waals surface area contributed by atoms with Crippen LogP contribution < -0.4 is 15.4 Å². The highest BCUT2D eigenvalue weighted by atomic mass is 19.4. The van der Waals surface area contributed by atoms with Gasteiger partial charge in [0.25, 0.3) is 0 Å². The first-order valence-electron chi connectivity index (χ1n) is 12.0. The Kier molecular flexibility index (Phi) is 9.19. The predicted molar refractivity (Wildman–Crippen MR) is 135 cm³/mol. The van der Waals surface area contributed by atoms with Crippen LogP contribution >= 0.6 is 0 Å². The molecule has 3 rings (SSSR count). The summed E-state index contributed by atoms with van der Waals surface area (Å²) in [6.07, 6.45) is -11.8. The molecule has 1 fully saturated rings. The van der Waals surface area contributed by atoms with Crippen molar-refractivity contribution in [2.75, 3.05) is 25.0 Å². The Morgan fingerprint density at radius 1 is 1.17 bits per heavy atom. The first kappa shape index (κ1) is 31.2. The molecule has 2 aromatic rings. The van der Waals surface area contributed by atoms with Gasteiger partial charge in [0.15, 0.2) is 5.75 Å². The molecule has 1 unspecified atom stereocenters. The van der Waals surface area contributed by atoms with Gasteiger partial charge in [0.2, 0.25) is 0 Å². The number of likely N-dealkylation sites (N-methyl/N-ethyl adjacent to an activating group) is 1. The lowest BCUT2D eigenvalue weighted by molar-refractivity contribution is -0.143. The lowest BCUT2D eigenvalue weighted by Gasteiger charge is -2.27. The summed E-state index contributed by atoms with van der Waals surface area (Å²) in [5, 5.41) is 0. The molecule has 41 heavy (non-hydrogen) atoms. The van der Waals surface area contributed by atoms with Crippen molar-refractivity contribution < 1.29 is 49.8 Å². The summed E-state index contributed by atoms with van der Waals surface area (Å²) in [4.78, 5) is 30.8. The molecule has 0 bridgehead atoms. The molecule has 2 amide bonds. The molecule has 1 heterocycles. The molecule has 222 valence electrons. The van der Waals surface area contributed by atoms with Crippen molar-refractivity contribution in [2.24, 2.45) is 10.7 Å². The van der Waals surface area contributed by atoms with Crippen molar-refractivity contribution >= 4 is 29.7 Å². The van der Waals surface area contributed by atoms with Crippen molar-refractivity contribution in [1.29, 1.82) is 0 Å². The normalized spacial score (nSPS) is 16.5. The maximum atomic E-state index is 14.1. The number of nitrogens with zero attached hydrogens (tertiary/aromatic N) is 3. The number of halogens is 7. The van der Waals surface area contributed by atoms with E-state index >= 15 is 0 Å². The Morgan fingerprint density at radius 2 is 1.80 bits per heavy atom. The average molecular weight is 590 g/mol. The molecule has 0 aliphatic carbocycles. The lowest BCUT2D eigenvalue weighted by atomic mass is 9.98. The second-order valence-corrected chi connectivity index (χ2v) is 9.21. The lowest BCUT2D eigenvalue weighted by Crippen LogP contribution is -2.39. The Bertz CT molecular complexity index is 1340. The maximum Gasteiger partial charge on any atom is 0.420 e. The van der Waals surface area contributed by atoms with Gasteiger partial charge in [-0.15, -0.1) is 0 Å². The summed E-state index contributed by atoms with van der Waals surface area (Å²) in [7, 11) is 1.46. The molecular formula is C26H25F7N4O4. The van der Waals surface area contributed by atoms with Crippen LogP contribution in [0.1, 0.15) is 30.5 Å². The van der Waals surface area contributed by atoms with Crippen molar-refractivity contribution in [3.05, 3.63) is 65.1 Å². The smallest absolute Gasteiger partial charge is 0.420 e. The van der Waals surface area contributed by atoms with Gasteiger partial charge in [-0.25, -0.2) is 14.0 Å². The molecule has 0 aromatic heterocycles. The second-order valence-electron chi connectivity index (χ2n) is 9.21. The highest BCUT2D eigenvalue weighted by Gasteiger charge is 2.42. The quantitative estimate of drug-likeness (QED) is 0.311. The summed E-state index contributed by atoms with van der Waals surface area (Å²) in [5.74, 6) is -1.90. The fourth-order valence-electron chi connectivity index (χ4n) is 3.90. The van der Waals surface area contributed by atoms with Crippen LogP contribution in [-0.4, -0.2) is 55.6 Å². The van der Waals surface area contributed by atoms with Gasteiger partial charge in [0, 0.05) is 42.3 Å². The molecule has 1 aliphatic rings. The zero-order chi connectivity index (χ0) is 30.7. The standard InChI is InChI=1S/C26H25F7N4O4/c1-14(2)37(18-6-4-17(27)5-7-18)24(39)41-22-20(8-16(25(28,29)30)9-21(22)26(31,32)33)15(10-34)11-35-12-19-13-36(3)23(38)40-19/h4-11,14,19H,12-13,34H2,1-3H3.